The van der Waals surface area contributed by atoms with Gasteiger partial charge >= 0.3 is 0 Å². The van der Waals surface area contributed by atoms with Gasteiger partial charge < -0.3 is 0 Å². The first-order valence-electron chi connectivity index (χ1n) is 3.35. The molecule has 0 radical (unpaired) electrons. The first kappa shape index (κ1) is 10.2. The van der Waals surface area contributed by atoms with Crippen LogP contribution in [0.25, 0.3) is 0 Å². The van der Waals surface area contributed by atoms with Crippen LogP contribution >= 0.6 is 15.9 Å². The molecule has 3 nitrogen and oxygen atoms in total. The summed E-state index contributed by atoms with van der Waals surface area (Å²) in [4.78, 5) is 0.0596. The molecule has 0 heterocycles. The maximum atomic E-state index is 11.2. The van der Waals surface area contributed by atoms with E-state index in [0.717, 1.165) is 6.26 Å². The van der Waals surface area contributed by atoms with Crippen LogP contribution in [0.1, 0.15) is 5.56 Å². The van der Waals surface area contributed by atoms with E-state index in [2.05, 4.69) is 15.9 Å². The number of nitriles is 1. The molecular formula is C8H6BrNO2S. The first-order chi connectivity index (χ1) is 5.96. The quantitative estimate of drug-likeness (QED) is 0.772. The van der Waals surface area contributed by atoms with Crippen molar-refractivity contribution in [2.75, 3.05) is 6.26 Å². The summed E-state index contributed by atoms with van der Waals surface area (Å²) in [7, 11) is -3.32. The zero-order valence-electron chi connectivity index (χ0n) is 6.78. The number of rotatable bonds is 1. The average Bonchev–Trinajstić information content (AvgIpc) is 2.02. The smallest absolute Gasteiger partial charge is 0.176 e. The summed E-state index contributed by atoms with van der Waals surface area (Å²) in [6.45, 7) is 0. The number of nitrogens with zero attached hydrogens (tertiary/aromatic N) is 1. The highest BCUT2D eigenvalue weighted by molar-refractivity contribution is 9.10. The van der Waals surface area contributed by atoms with Gasteiger partial charge in [0.15, 0.2) is 9.84 Å². The van der Waals surface area contributed by atoms with Gasteiger partial charge in [-0.15, -0.1) is 0 Å². The molecule has 0 bridgehead atoms. The summed E-state index contributed by atoms with van der Waals surface area (Å²) in [6, 6.07) is 6.48. The second-order valence-electron chi connectivity index (χ2n) is 2.50. The normalized spacial score (nSPS) is 10.8. The predicted molar refractivity (Wildman–Crippen MR) is 52.0 cm³/mol. The van der Waals surface area contributed by atoms with Crippen molar-refractivity contribution < 1.29 is 8.42 Å². The molecule has 1 rings (SSSR count). The van der Waals surface area contributed by atoms with E-state index in [1.807, 2.05) is 6.07 Å². The molecule has 0 saturated heterocycles. The van der Waals surface area contributed by atoms with Crippen molar-refractivity contribution in [2.24, 2.45) is 0 Å². The Kier molecular flexibility index (Phi) is 2.74. The van der Waals surface area contributed by atoms with Crippen LogP contribution in [0.4, 0.5) is 0 Å². The molecule has 0 saturated carbocycles. The summed E-state index contributed by atoms with van der Waals surface area (Å²) in [5.41, 5.74) is 0.157. The standard InChI is InChI=1S/C8H6BrNO2S/c1-13(11,12)8-4-2-3-7(9)6(8)5-10/h2-4H,1H3. The maximum absolute atomic E-state index is 11.2. The zero-order valence-corrected chi connectivity index (χ0v) is 9.18. The summed E-state index contributed by atoms with van der Waals surface area (Å²) >= 11 is 3.11. The van der Waals surface area contributed by atoms with Crippen LogP contribution in [-0.4, -0.2) is 14.7 Å². The minimum Gasteiger partial charge on any atom is -0.224 e. The topological polar surface area (TPSA) is 57.9 Å². The molecule has 0 aromatic heterocycles. The fourth-order valence-electron chi connectivity index (χ4n) is 0.922. The van der Waals surface area contributed by atoms with Gasteiger partial charge in [-0.05, 0) is 28.1 Å². The van der Waals surface area contributed by atoms with Crippen molar-refractivity contribution in [2.45, 2.75) is 4.90 Å². The molecule has 0 aliphatic rings. The zero-order chi connectivity index (χ0) is 10.1. The Morgan fingerprint density at radius 2 is 2.08 bits per heavy atom. The fraction of sp³-hybridized carbons (Fsp3) is 0.125. The number of hydrogen-bond donors (Lipinski definition) is 0. The molecule has 5 heteroatoms. The van der Waals surface area contributed by atoms with Gasteiger partial charge in [-0.2, -0.15) is 5.26 Å². The van der Waals surface area contributed by atoms with E-state index in [1.54, 1.807) is 12.1 Å². The lowest BCUT2D eigenvalue weighted by Gasteiger charge is -2.01. The molecule has 0 N–H and O–H groups in total. The van der Waals surface area contributed by atoms with Crippen LogP contribution < -0.4 is 0 Å². The molecule has 13 heavy (non-hydrogen) atoms. The highest BCUT2D eigenvalue weighted by atomic mass is 79.9. The molecule has 1 aromatic rings. The van der Waals surface area contributed by atoms with Crippen LogP contribution in [0.15, 0.2) is 27.6 Å². The predicted octanol–water partition coefficient (Wildman–Crippen LogP) is 1.72. The molecule has 1 aromatic carbocycles. The van der Waals surface area contributed by atoms with E-state index in [4.69, 9.17) is 5.26 Å². The summed E-state index contributed by atoms with van der Waals surface area (Å²) in [5.74, 6) is 0. The Morgan fingerprint density at radius 1 is 1.46 bits per heavy atom. The lowest BCUT2D eigenvalue weighted by Crippen LogP contribution is -2.00. The highest BCUT2D eigenvalue weighted by Crippen LogP contribution is 2.22. The van der Waals surface area contributed by atoms with Gasteiger partial charge in [0.1, 0.15) is 6.07 Å². The third kappa shape index (κ3) is 2.08. The third-order valence-electron chi connectivity index (χ3n) is 1.49. The summed E-state index contributed by atoms with van der Waals surface area (Å²) in [5, 5.41) is 8.72. The molecule has 0 atom stereocenters. The van der Waals surface area contributed by atoms with Crippen molar-refractivity contribution in [3.8, 4) is 6.07 Å². The number of halogens is 1. The van der Waals surface area contributed by atoms with Crippen molar-refractivity contribution in [1.82, 2.24) is 0 Å². The second kappa shape index (κ2) is 3.48. The van der Waals surface area contributed by atoms with Crippen LogP contribution in [-0.2, 0) is 9.84 Å². The van der Waals surface area contributed by atoms with E-state index in [-0.39, 0.29) is 10.5 Å². The van der Waals surface area contributed by atoms with Gasteiger partial charge in [-0.3, -0.25) is 0 Å². The molecular weight excluding hydrogens is 254 g/mol. The number of sulfone groups is 1. The SMILES string of the molecule is CS(=O)(=O)c1cccc(Br)c1C#N. The largest absolute Gasteiger partial charge is 0.224 e. The van der Waals surface area contributed by atoms with Gasteiger partial charge in [0.05, 0.1) is 10.5 Å². The molecule has 0 spiro atoms. The van der Waals surface area contributed by atoms with Crippen molar-refractivity contribution in [3.05, 3.63) is 28.2 Å². The molecule has 68 valence electrons. The summed E-state index contributed by atoms with van der Waals surface area (Å²) in [6.07, 6.45) is 1.08. The molecule has 0 aliphatic carbocycles. The van der Waals surface area contributed by atoms with E-state index >= 15 is 0 Å². The Balaban J connectivity index is 3.59. The van der Waals surface area contributed by atoms with Crippen molar-refractivity contribution in [1.29, 1.82) is 5.26 Å². The monoisotopic (exact) mass is 259 g/mol. The minimum absolute atomic E-state index is 0.0596. The van der Waals surface area contributed by atoms with Crippen molar-refractivity contribution in [3.63, 3.8) is 0 Å². The molecule has 0 aliphatic heterocycles. The Hall–Kier alpha value is -0.860. The first-order valence-corrected chi connectivity index (χ1v) is 6.04. The lowest BCUT2D eigenvalue weighted by atomic mass is 10.2. The Labute approximate surface area is 85.0 Å². The average molecular weight is 260 g/mol. The van der Waals surface area contributed by atoms with Crippen LogP contribution in [0.3, 0.4) is 0 Å². The van der Waals surface area contributed by atoms with Gasteiger partial charge in [-0.25, -0.2) is 8.42 Å². The number of hydrogen-bond acceptors (Lipinski definition) is 3. The van der Waals surface area contributed by atoms with E-state index in [0.29, 0.717) is 4.47 Å². The van der Waals surface area contributed by atoms with Gasteiger partial charge in [0.25, 0.3) is 0 Å². The van der Waals surface area contributed by atoms with Crippen molar-refractivity contribution >= 4 is 25.8 Å². The van der Waals surface area contributed by atoms with E-state index < -0.39 is 9.84 Å². The van der Waals surface area contributed by atoms with Crippen LogP contribution in [0.5, 0.6) is 0 Å². The van der Waals surface area contributed by atoms with Gasteiger partial charge in [0.2, 0.25) is 0 Å². The van der Waals surface area contributed by atoms with E-state index in [9.17, 15) is 8.42 Å². The third-order valence-corrected chi connectivity index (χ3v) is 3.29. The minimum atomic E-state index is -3.32. The number of benzene rings is 1. The van der Waals surface area contributed by atoms with Gasteiger partial charge in [0, 0.05) is 10.7 Å². The Bertz CT molecular complexity index is 473. The second-order valence-corrected chi connectivity index (χ2v) is 5.34. The molecule has 0 fully saturated rings. The highest BCUT2D eigenvalue weighted by Gasteiger charge is 2.14. The molecule has 0 unspecified atom stereocenters. The fourth-order valence-corrected chi connectivity index (χ4v) is 2.36. The Morgan fingerprint density at radius 3 is 2.46 bits per heavy atom. The van der Waals surface area contributed by atoms with Crippen LogP contribution in [0.2, 0.25) is 0 Å². The van der Waals surface area contributed by atoms with E-state index in [1.165, 1.54) is 6.07 Å². The van der Waals surface area contributed by atoms with Gasteiger partial charge in [-0.1, -0.05) is 6.07 Å². The maximum Gasteiger partial charge on any atom is 0.176 e. The lowest BCUT2D eigenvalue weighted by molar-refractivity contribution is 0.601. The molecule has 0 amide bonds. The van der Waals surface area contributed by atoms with Crippen LogP contribution in [0, 0.1) is 11.3 Å². The summed E-state index contributed by atoms with van der Waals surface area (Å²) < 4.78 is 22.9.